The SMILES string of the molecule is [2H]c1c2cn[nH]c2cc2ccc(F)c(C#C)c12. The summed E-state index contributed by atoms with van der Waals surface area (Å²) in [5.41, 5.74) is 0.882. The third-order valence-electron chi connectivity index (χ3n) is 2.56. The van der Waals surface area contributed by atoms with E-state index in [9.17, 15) is 4.39 Å². The molecule has 2 nitrogen and oxygen atoms in total. The van der Waals surface area contributed by atoms with Crippen LogP contribution in [0.4, 0.5) is 4.39 Å². The van der Waals surface area contributed by atoms with Crippen LogP contribution in [0.5, 0.6) is 0 Å². The number of H-pyrrole nitrogens is 1. The smallest absolute Gasteiger partial charge is 0.139 e. The number of aromatic amines is 1. The van der Waals surface area contributed by atoms with Crippen molar-refractivity contribution in [3.8, 4) is 12.3 Å². The molecule has 1 aromatic heterocycles. The molecule has 0 spiro atoms. The Morgan fingerprint density at radius 3 is 3.12 bits per heavy atom. The van der Waals surface area contributed by atoms with Crippen LogP contribution in [0.15, 0.2) is 30.4 Å². The predicted molar refractivity (Wildman–Crippen MR) is 61.5 cm³/mol. The standard InChI is InChI=1S/C13H7FN2/c1-2-10-11-5-9-7-15-16-13(9)6-8(11)3-4-12(10)14/h1,3-7H,(H,15,16)/i5D. The summed E-state index contributed by atoms with van der Waals surface area (Å²) in [5, 5.41) is 8.50. The molecule has 3 aromatic rings. The first kappa shape index (κ1) is 7.89. The lowest BCUT2D eigenvalue weighted by atomic mass is 10.0. The van der Waals surface area contributed by atoms with Crippen molar-refractivity contribution in [1.29, 1.82) is 0 Å². The van der Waals surface area contributed by atoms with Gasteiger partial charge in [0.15, 0.2) is 0 Å². The first-order valence-electron chi connectivity index (χ1n) is 5.24. The summed E-state index contributed by atoms with van der Waals surface area (Å²) in [6.07, 6.45) is 6.85. The largest absolute Gasteiger partial charge is 0.278 e. The molecule has 76 valence electrons. The first-order chi connectivity index (χ1) is 8.22. The van der Waals surface area contributed by atoms with E-state index in [1.165, 1.54) is 6.07 Å². The molecule has 0 aliphatic heterocycles. The number of aromatic nitrogens is 2. The van der Waals surface area contributed by atoms with Crippen LogP contribution in [0.1, 0.15) is 6.93 Å². The normalized spacial score (nSPS) is 11.6. The molecule has 3 rings (SSSR count). The zero-order valence-corrected chi connectivity index (χ0v) is 8.21. The maximum absolute atomic E-state index is 13.6. The second-order valence-electron chi connectivity index (χ2n) is 3.50. The van der Waals surface area contributed by atoms with Gasteiger partial charge < -0.3 is 0 Å². The van der Waals surface area contributed by atoms with Crippen molar-refractivity contribution in [3.63, 3.8) is 0 Å². The van der Waals surface area contributed by atoms with E-state index >= 15 is 0 Å². The van der Waals surface area contributed by atoms with Gasteiger partial charge in [0.1, 0.15) is 5.82 Å². The van der Waals surface area contributed by atoms with Crippen LogP contribution in [0.2, 0.25) is 0 Å². The van der Waals surface area contributed by atoms with Crippen LogP contribution in [-0.2, 0) is 0 Å². The van der Waals surface area contributed by atoms with Gasteiger partial charge in [-0.05, 0) is 23.6 Å². The van der Waals surface area contributed by atoms with Crippen molar-refractivity contribution in [1.82, 2.24) is 10.2 Å². The van der Waals surface area contributed by atoms with E-state index < -0.39 is 5.82 Å². The van der Waals surface area contributed by atoms with Gasteiger partial charge in [0, 0.05) is 10.8 Å². The van der Waals surface area contributed by atoms with Crippen molar-refractivity contribution in [3.05, 3.63) is 41.8 Å². The van der Waals surface area contributed by atoms with Gasteiger partial charge in [-0.25, -0.2) is 4.39 Å². The molecule has 0 bridgehead atoms. The lowest BCUT2D eigenvalue weighted by Crippen LogP contribution is -1.86. The number of rotatable bonds is 0. The molecule has 0 aliphatic carbocycles. The van der Waals surface area contributed by atoms with Crippen molar-refractivity contribution in [2.24, 2.45) is 0 Å². The van der Waals surface area contributed by atoms with E-state index in [0.29, 0.717) is 10.8 Å². The molecule has 0 amide bonds. The summed E-state index contributed by atoms with van der Waals surface area (Å²) in [6, 6.07) is 4.96. The van der Waals surface area contributed by atoms with Crippen molar-refractivity contribution >= 4 is 21.7 Å². The molecular weight excluding hydrogens is 203 g/mol. The number of nitrogens with one attached hydrogen (secondary N) is 1. The average molecular weight is 211 g/mol. The van der Waals surface area contributed by atoms with Gasteiger partial charge in [0.2, 0.25) is 0 Å². The maximum Gasteiger partial charge on any atom is 0.139 e. The van der Waals surface area contributed by atoms with Gasteiger partial charge in [-0.2, -0.15) is 5.10 Å². The fraction of sp³-hybridized carbons (Fsp3) is 0. The number of fused-ring (bicyclic) bond motifs is 2. The second-order valence-corrected chi connectivity index (χ2v) is 3.50. The van der Waals surface area contributed by atoms with E-state index in [1.807, 2.05) is 6.07 Å². The average Bonchev–Trinajstić information content (AvgIpc) is 2.78. The zero-order valence-electron chi connectivity index (χ0n) is 9.21. The molecule has 0 atom stereocenters. The number of halogens is 1. The van der Waals surface area contributed by atoms with E-state index in [4.69, 9.17) is 7.79 Å². The van der Waals surface area contributed by atoms with E-state index in [-0.39, 0.29) is 11.6 Å². The molecule has 1 N–H and O–H groups in total. The van der Waals surface area contributed by atoms with Crippen LogP contribution in [0.3, 0.4) is 0 Å². The van der Waals surface area contributed by atoms with Gasteiger partial charge >= 0.3 is 0 Å². The zero-order chi connectivity index (χ0) is 12.0. The quantitative estimate of drug-likeness (QED) is 0.569. The Morgan fingerprint density at radius 1 is 1.44 bits per heavy atom. The molecule has 2 aromatic carbocycles. The first-order valence-corrected chi connectivity index (χ1v) is 4.74. The molecule has 0 saturated carbocycles. The third-order valence-corrected chi connectivity index (χ3v) is 2.56. The number of hydrogen-bond donors (Lipinski definition) is 1. The summed E-state index contributed by atoms with van der Waals surface area (Å²) in [6.45, 7) is 0. The molecular formula is C13H7FN2. The Hall–Kier alpha value is -2.34. The Morgan fingerprint density at radius 2 is 2.31 bits per heavy atom. The van der Waals surface area contributed by atoms with Crippen LogP contribution in [0.25, 0.3) is 21.7 Å². The van der Waals surface area contributed by atoms with Crippen LogP contribution in [0, 0.1) is 18.2 Å². The monoisotopic (exact) mass is 211 g/mol. The van der Waals surface area contributed by atoms with Crippen molar-refractivity contribution < 1.29 is 5.76 Å². The number of benzene rings is 2. The number of hydrogen-bond acceptors (Lipinski definition) is 1. The van der Waals surface area contributed by atoms with Gasteiger partial charge in [0.25, 0.3) is 0 Å². The minimum atomic E-state index is -0.476. The number of nitrogens with zero attached hydrogens (tertiary/aromatic N) is 1. The van der Waals surface area contributed by atoms with Gasteiger partial charge in [-0.3, -0.25) is 5.10 Å². The van der Waals surface area contributed by atoms with Crippen LogP contribution in [-0.4, -0.2) is 10.2 Å². The van der Waals surface area contributed by atoms with Crippen LogP contribution < -0.4 is 0 Å². The molecule has 0 saturated heterocycles. The molecule has 1 heterocycles. The topological polar surface area (TPSA) is 28.7 Å². The lowest BCUT2D eigenvalue weighted by Gasteiger charge is -2.02. The molecule has 16 heavy (non-hydrogen) atoms. The Kier molecular flexibility index (Phi) is 1.52. The summed E-state index contributed by atoms with van der Waals surface area (Å²) < 4.78 is 21.6. The summed E-state index contributed by atoms with van der Waals surface area (Å²) in [4.78, 5) is 0. The molecule has 0 radical (unpaired) electrons. The lowest BCUT2D eigenvalue weighted by molar-refractivity contribution is 0.626. The minimum Gasteiger partial charge on any atom is -0.278 e. The van der Waals surface area contributed by atoms with E-state index in [2.05, 4.69) is 16.1 Å². The summed E-state index contributed by atoms with van der Waals surface area (Å²) in [7, 11) is 0. The fourth-order valence-corrected chi connectivity index (χ4v) is 1.79. The fourth-order valence-electron chi connectivity index (χ4n) is 1.79. The van der Waals surface area contributed by atoms with Crippen LogP contribution >= 0.6 is 0 Å². The Balaban J connectivity index is 2.64. The second kappa shape index (κ2) is 3.07. The van der Waals surface area contributed by atoms with Crippen molar-refractivity contribution in [2.45, 2.75) is 0 Å². The highest BCUT2D eigenvalue weighted by Gasteiger charge is 2.07. The molecule has 0 unspecified atom stereocenters. The maximum atomic E-state index is 13.6. The Labute approximate surface area is 92.5 Å². The summed E-state index contributed by atoms with van der Waals surface area (Å²) in [5.74, 6) is 1.83. The third kappa shape index (κ3) is 1.10. The number of terminal acetylenes is 1. The highest BCUT2D eigenvalue weighted by Crippen LogP contribution is 2.25. The highest BCUT2D eigenvalue weighted by atomic mass is 19.1. The minimum absolute atomic E-state index is 0.135. The molecule has 0 aliphatic rings. The van der Waals surface area contributed by atoms with Crippen molar-refractivity contribution in [2.75, 3.05) is 0 Å². The Bertz CT molecular complexity index is 783. The van der Waals surface area contributed by atoms with Gasteiger partial charge in [0.05, 0.1) is 18.6 Å². The summed E-state index contributed by atoms with van der Waals surface area (Å²) >= 11 is 0. The van der Waals surface area contributed by atoms with Gasteiger partial charge in [-0.15, -0.1) is 6.42 Å². The highest BCUT2D eigenvalue weighted by molar-refractivity contribution is 5.99. The van der Waals surface area contributed by atoms with E-state index in [1.54, 1.807) is 12.3 Å². The van der Waals surface area contributed by atoms with E-state index in [0.717, 1.165) is 10.9 Å². The predicted octanol–water partition coefficient (Wildman–Crippen LogP) is 2.84. The molecule has 3 heteroatoms. The molecule has 0 fully saturated rings. The van der Waals surface area contributed by atoms with Gasteiger partial charge in [-0.1, -0.05) is 12.0 Å².